The number of alkyl halides is 3. The third-order valence-electron chi connectivity index (χ3n) is 11.3. The van der Waals surface area contributed by atoms with Crippen LogP contribution in [-0.4, -0.2) is 111 Å². The second kappa shape index (κ2) is 21.5. The number of amides is 1. The number of nitrogens with zero attached hydrogens (tertiary/aromatic N) is 6. The Hall–Kier alpha value is -6.07. The molecule has 1 aliphatic heterocycles. The van der Waals surface area contributed by atoms with Gasteiger partial charge in [0.15, 0.2) is 6.10 Å². The minimum Gasteiger partial charge on any atom is -0.491 e. The largest absolute Gasteiger partial charge is 0.491 e. The molecule has 1 fully saturated rings. The number of fused-ring (bicyclic) bond motifs is 1. The predicted octanol–water partition coefficient (Wildman–Crippen LogP) is 6.60. The van der Waals surface area contributed by atoms with Gasteiger partial charge < -0.3 is 33.6 Å². The van der Waals surface area contributed by atoms with Gasteiger partial charge in [-0.15, -0.1) is 11.3 Å². The average molecular weight is 978 g/mol. The van der Waals surface area contributed by atoms with E-state index in [1.165, 1.54) is 54.2 Å². The smallest absolute Gasteiger partial charge is 0.488 e. The van der Waals surface area contributed by atoms with Gasteiger partial charge in [-0.25, -0.2) is 15.4 Å². The molecule has 5 heterocycles. The van der Waals surface area contributed by atoms with Crippen molar-refractivity contribution in [2.45, 2.75) is 45.4 Å². The van der Waals surface area contributed by atoms with E-state index in [1.54, 1.807) is 42.5 Å². The molecule has 7 aromatic rings. The number of carbonyl (C=O) groups is 1. The molecule has 3 N–H and O–H groups in total. The zero-order chi connectivity index (χ0) is 48.0. The fraction of sp³-hybridized carbons (Fsp3) is 0.304. The molecule has 0 radical (unpaired) electrons. The first-order valence-electron chi connectivity index (χ1n) is 21.4. The number of hydroxylamine groups is 1. The number of hydrogen-bond donors (Lipinski definition) is 3. The lowest BCUT2D eigenvalue weighted by Crippen LogP contribution is -2.45. The summed E-state index contributed by atoms with van der Waals surface area (Å²) in [6.45, 7) is 5.08. The van der Waals surface area contributed by atoms with Crippen LogP contribution in [-0.2, 0) is 35.8 Å². The molecule has 1 amide bonds. The van der Waals surface area contributed by atoms with Crippen molar-refractivity contribution in [2.24, 2.45) is 0 Å². The quantitative estimate of drug-likeness (QED) is 0.0451. The van der Waals surface area contributed by atoms with Gasteiger partial charge in [0, 0.05) is 57.0 Å². The summed E-state index contributed by atoms with van der Waals surface area (Å²) in [5, 5.41) is 23.5. The SMILES string of the molecule is Cc1c(-c2c(-c3ccc(F)o3)sc3ncnc(O[C@H](Cc4ccccc4OCc4ccnn4CC(F)(F)F)C(=O)NOCc4ccc(B(O)O)cc4)c23)ccc(OCCN2CCN(C)CC2)c1Cl. The van der Waals surface area contributed by atoms with E-state index in [2.05, 4.69) is 37.4 Å². The van der Waals surface area contributed by atoms with Crippen LogP contribution in [0.2, 0.25) is 5.02 Å². The van der Waals surface area contributed by atoms with Gasteiger partial charge in [-0.05, 0) is 66.0 Å². The average Bonchev–Trinajstić information content (AvgIpc) is 4.06. The van der Waals surface area contributed by atoms with Gasteiger partial charge in [0.2, 0.25) is 5.88 Å². The monoisotopic (exact) mass is 977 g/mol. The predicted molar refractivity (Wildman–Crippen MR) is 246 cm³/mol. The highest BCUT2D eigenvalue weighted by Crippen LogP contribution is 2.50. The van der Waals surface area contributed by atoms with Crippen LogP contribution in [0.3, 0.4) is 0 Å². The summed E-state index contributed by atoms with van der Waals surface area (Å²) in [5.74, 6) is 0.142. The van der Waals surface area contributed by atoms with Gasteiger partial charge in [-0.2, -0.15) is 22.7 Å². The molecule has 22 heteroatoms. The summed E-state index contributed by atoms with van der Waals surface area (Å²) in [5.41, 5.74) is 5.63. The van der Waals surface area contributed by atoms with Gasteiger partial charge >= 0.3 is 13.3 Å². The van der Waals surface area contributed by atoms with E-state index >= 15 is 0 Å². The van der Waals surface area contributed by atoms with Crippen molar-refractivity contribution in [3.63, 3.8) is 0 Å². The molecule has 8 rings (SSSR count). The number of benzene rings is 3. The molecule has 68 heavy (non-hydrogen) atoms. The van der Waals surface area contributed by atoms with E-state index in [9.17, 15) is 32.4 Å². The first-order chi connectivity index (χ1) is 32.7. The van der Waals surface area contributed by atoms with Crippen molar-refractivity contribution in [2.75, 3.05) is 46.4 Å². The van der Waals surface area contributed by atoms with Crippen molar-refractivity contribution in [1.29, 1.82) is 0 Å². The van der Waals surface area contributed by atoms with Crippen LogP contribution < -0.4 is 25.2 Å². The van der Waals surface area contributed by atoms with E-state index < -0.39 is 37.9 Å². The second-order valence-electron chi connectivity index (χ2n) is 16.0. The van der Waals surface area contributed by atoms with Crippen LogP contribution in [0, 0.1) is 12.9 Å². The number of halogens is 5. The van der Waals surface area contributed by atoms with E-state index in [-0.39, 0.29) is 48.2 Å². The molecule has 0 spiro atoms. The molecule has 1 saturated heterocycles. The van der Waals surface area contributed by atoms with Crippen molar-refractivity contribution < 1.29 is 55.9 Å². The highest BCUT2D eigenvalue weighted by molar-refractivity contribution is 7.22. The lowest BCUT2D eigenvalue weighted by atomic mass is 9.80. The van der Waals surface area contributed by atoms with Crippen LogP contribution >= 0.6 is 22.9 Å². The maximum atomic E-state index is 14.5. The molecule has 1 aliphatic rings. The minimum absolute atomic E-state index is 0.0321. The lowest BCUT2D eigenvalue weighted by molar-refractivity contribution is -0.143. The number of likely N-dealkylation sites (N-methyl/N-ethyl adjacent to an activating group) is 1. The fourth-order valence-corrected chi connectivity index (χ4v) is 8.91. The normalized spacial score (nSPS) is 14.0. The second-order valence-corrected chi connectivity index (χ2v) is 17.4. The van der Waals surface area contributed by atoms with Crippen LogP contribution in [0.5, 0.6) is 17.4 Å². The Bertz CT molecular complexity index is 2840. The van der Waals surface area contributed by atoms with Gasteiger partial charge in [0.25, 0.3) is 11.9 Å². The zero-order valence-electron chi connectivity index (χ0n) is 36.7. The molecule has 3 aromatic carbocycles. The summed E-state index contributed by atoms with van der Waals surface area (Å²) < 4.78 is 79.6. The number of ether oxygens (including phenoxy) is 3. The molecule has 0 aliphatic carbocycles. The summed E-state index contributed by atoms with van der Waals surface area (Å²) >= 11 is 8.23. The van der Waals surface area contributed by atoms with Crippen molar-refractivity contribution in [1.82, 2.24) is 35.0 Å². The van der Waals surface area contributed by atoms with Crippen LogP contribution in [0.4, 0.5) is 17.6 Å². The number of piperazine rings is 1. The molecule has 15 nitrogen and oxygen atoms in total. The van der Waals surface area contributed by atoms with Crippen molar-refractivity contribution in [3.8, 4) is 39.1 Å². The molecule has 0 unspecified atom stereocenters. The Labute approximate surface area is 396 Å². The third-order valence-corrected chi connectivity index (χ3v) is 12.8. The summed E-state index contributed by atoms with van der Waals surface area (Å²) in [4.78, 5) is 34.4. The Morgan fingerprint density at radius 1 is 0.971 bits per heavy atom. The standard InChI is InChI=1S/C46H45BClF4N7O8S/c1-28-33(11-12-35(41(28)48)63-22-21-58-19-17-57(2)18-20-58)39-40-44(53-27-54-45(40)68-42(39)36-13-14-38(49)66-36)67-37(43(60)56-65-24-29-7-9-31(10-8-29)47(61)62)23-30-5-3-4-6-34(30)64-25-32-15-16-55-59(32)26-46(50,51)52/h3-16,27,37,61-62H,17-26H2,1-2H3,(H,56,60)/t37-/m1/s1. The van der Waals surface area contributed by atoms with E-state index in [4.69, 9.17) is 35.1 Å². The van der Waals surface area contributed by atoms with Gasteiger partial charge in [0.1, 0.15) is 48.2 Å². The van der Waals surface area contributed by atoms with Crippen LogP contribution in [0.1, 0.15) is 22.4 Å². The molecule has 1 atom stereocenters. The van der Waals surface area contributed by atoms with Crippen LogP contribution in [0.25, 0.3) is 32.0 Å². The maximum Gasteiger partial charge on any atom is 0.488 e. The Morgan fingerprint density at radius 2 is 1.75 bits per heavy atom. The van der Waals surface area contributed by atoms with Crippen molar-refractivity contribution >= 4 is 51.6 Å². The maximum absolute atomic E-state index is 14.5. The summed E-state index contributed by atoms with van der Waals surface area (Å²) in [6, 6.07) is 19.7. The Balaban J connectivity index is 1.12. The van der Waals surface area contributed by atoms with E-state index in [0.29, 0.717) is 60.3 Å². The first-order valence-corrected chi connectivity index (χ1v) is 22.6. The Kier molecular flexibility index (Phi) is 15.3. The number of para-hydroxylation sites is 1. The number of furan rings is 1. The number of aromatic nitrogens is 4. The Morgan fingerprint density at radius 3 is 2.49 bits per heavy atom. The van der Waals surface area contributed by atoms with E-state index in [1.807, 2.05) is 13.0 Å². The van der Waals surface area contributed by atoms with Gasteiger partial charge in [-0.3, -0.25) is 19.2 Å². The number of hydrogen-bond acceptors (Lipinski definition) is 14. The molecule has 0 saturated carbocycles. The van der Waals surface area contributed by atoms with Crippen LogP contribution in [0.15, 0.2) is 95.8 Å². The summed E-state index contributed by atoms with van der Waals surface area (Å²) in [6.07, 6.45) is -3.57. The summed E-state index contributed by atoms with van der Waals surface area (Å²) in [7, 11) is 0.431. The van der Waals surface area contributed by atoms with Gasteiger partial charge in [-0.1, -0.05) is 60.1 Å². The van der Waals surface area contributed by atoms with Crippen molar-refractivity contribution in [3.05, 3.63) is 125 Å². The molecular formula is C46H45BClF4N7O8S. The topological polar surface area (TPSA) is 170 Å². The number of rotatable bonds is 19. The van der Waals surface area contributed by atoms with E-state index in [0.717, 1.165) is 37.4 Å². The highest BCUT2D eigenvalue weighted by atomic mass is 35.5. The number of thiophene rings is 1. The van der Waals surface area contributed by atoms with Gasteiger partial charge in [0.05, 0.1) is 27.6 Å². The zero-order valence-corrected chi connectivity index (χ0v) is 38.3. The molecular weight excluding hydrogens is 933 g/mol. The third kappa shape index (κ3) is 11.8. The fourth-order valence-electron chi connectivity index (χ4n) is 7.59. The minimum atomic E-state index is -4.51. The molecule has 4 aromatic heterocycles. The highest BCUT2D eigenvalue weighted by Gasteiger charge is 2.31. The number of carbonyl (C=O) groups excluding carboxylic acids is 1. The lowest BCUT2D eigenvalue weighted by Gasteiger charge is -2.32. The molecule has 0 bridgehead atoms. The number of nitrogens with one attached hydrogen (secondary N) is 1. The molecule has 356 valence electrons. The first kappa shape index (κ1) is 48.4.